The fraction of sp³-hybridized carbons (Fsp3) is 0.150. The molecule has 0 radical (unpaired) electrons. The number of nitrogens with zero attached hydrogens (tertiary/aromatic N) is 1. The third-order valence-corrected chi connectivity index (χ3v) is 3.88. The van der Waals surface area contributed by atoms with E-state index in [1.807, 2.05) is 10.8 Å². The van der Waals surface area contributed by atoms with Crippen LogP contribution in [0.15, 0.2) is 60.9 Å². The molecule has 1 N–H and O–H groups in total. The molecule has 2 nitrogen and oxygen atoms in total. The van der Waals surface area contributed by atoms with Gasteiger partial charge in [0.25, 0.3) is 0 Å². The van der Waals surface area contributed by atoms with Crippen LogP contribution in [-0.4, -0.2) is 11.7 Å². The molecule has 0 aliphatic carbocycles. The number of hydrogen-bond donors (Lipinski definition) is 1. The monoisotopic (exact) mass is 290 g/mol. The maximum absolute atomic E-state index is 9.00. The molecule has 0 saturated carbocycles. The molecule has 0 unspecified atom stereocenters. The van der Waals surface area contributed by atoms with Gasteiger partial charge in [0.05, 0.1) is 0 Å². The second-order valence-electron chi connectivity index (χ2n) is 5.45. The lowest BCUT2D eigenvalue weighted by Gasteiger charge is -2.03. The number of pyridine rings is 1. The van der Waals surface area contributed by atoms with Gasteiger partial charge in [-0.2, -0.15) is 0 Å². The summed E-state index contributed by atoms with van der Waals surface area (Å²) in [5, 5.41) is 11.5. The quantitative estimate of drug-likeness (QED) is 0.729. The van der Waals surface area contributed by atoms with Crippen LogP contribution >= 0.6 is 0 Å². The minimum absolute atomic E-state index is 0.162. The van der Waals surface area contributed by atoms with Gasteiger partial charge in [0.15, 0.2) is 18.9 Å². The first-order chi connectivity index (χ1) is 10.8. The van der Waals surface area contributed by atoms with E-state index in [1.165, 1.54) is 27.5 Å². The van der Waals surface area contributed by atoms with Crippen molar-refractivity contribution in [2.45, 2.75) is 13.5 Å². The summed E-state index contributed by atoms with van der Waals surface area (Å²) in [4.78, 5) is 0. The number of aliphatic hydroxyl groups excluding tert-OH is 1. The van der Waals surface area contributed by atoms with Gasteiger partial charge in [-0.05, 0) is 28.8 Å². The van der Waals surface area contributed by atoms with Gasteiger partial charge in [-0.3, -0.25) is 0 Å². The molecular formula is C20H20NO+. The lowest BCUT2D eigenvalue weighted by Crippen LogP contribution is -2.35. The Morgan fingerprint density at radius 2 is 1.73 bits per heavy atom. The van der Waals surface area contributed by atoms with Gasteiger partial charge in [-0.25, -0.2) is 4.57 Å². The number of benzene rings is 2. The van der Waals surface area contributed by atoms with Crippen LogP contribution in [0.2, 0.25) is 0 Å². The molecule has 3 aromatic rings. The molecule has 0 atom stereocenters. The van der Waals surface area contributed by atoms with Gasteiger partial charge < -0.3 is 5.11 Å². The number of hydrogen-bond acceptors (Lipinski definition) is 1. The molecule has 0 spiro atoms. The van der Waals surface area contributed by atoms with E-state index in [-0.39, 0.29) is 6.61 Å². The van der Waals surface area contributed by atoms with E-state index >= 15 is 0 Å². The Balaban J connectivity index is 1.93. The van der Waals surface area contributed by atoms with Crippen LogP contribution in [0.3, 0.4) is 0 Å². The lowest BCUT2D eigenvalue weighted by atomic mass is 10.0. The highest BCUT2D eigenvalue weighted by Gasteiger charge is 2.03. The predicted molar refractivity (Wildman–Crippen MR) is 91.3 cm³/mol. The largest absolute Gasteiger partial charge is 0.390 e. The summed E-state index contributed by atoms with van der Waals surface area (Å²) in [7, 11) is 0. The maximum Gasteiger partial charge on any atom is 0.172 e. The van der Waals surface area contributed by atoms with Gasteiger partial charge in [-0.1, -0.05) is 54.6 Å². The summed E-state index contributed by atoms with van der Waals surface area (Å²) in [6.45, 7) is 2.89. The molecule has 110 valence electrons. The fourth-order valence-corrected chi connectivity index (χ4v) is 2.69. The second kappa shape index (κ2) is 6.54. The summed E-state index contributed by atoms with van der Waals surface area (Å²) in [5.41, 5.74) is 3.62. The Bertz CT molecular complexity index is 816. The maximum atomic E-state index is 9.00. The van der Waals surface area contributed by atoms with Gasteiger partial charge in [0, 0.05) is 11.6 Å². The molecule has 0 aliphatic rings. The van der Waals surface area contributed by atoms with Crippen LogP contribution < -0.4 is 4.57 Å². The van der Waals surface area contributed by atoms with Gasteiger partial charge in [-0.15, -0.1) is 0 Å². The summed E-state index contributed by atoms with van der Waals surface area (Å²) < 4.78 is 2.00. The van der Waals surface area contributed by atoms with Crippen molar-refractivity contribution < 1.29 is 9.67 Å². The zero-order valence-electron chi connectivity index (χ0n) is 12.7. The molecule has 2 heteroatoms. The molecule has 0 aliphatic heterocycles. The highest BCUT2D eigenvalue weighted by molar-refractivity contribution is 5.92. The Morgan fingerprint density at radius 3 is 2.55 bits per heavy atom. The Kier molecular flexibility index (Phi) is 4.31. The van der Waals surface area contributed by atoms with Crippen LogP contribution in [0.4, 0.5) is 0 Å². The molecule has 0 fully saturated rings. The molecule has 0 amide bonds. The van der Waals surface area contributed by atoms with Crippen LogP contribution in [0.1, 0.15) is 16.7 Å². The summed E-state index contributed by atoms with van der Waals surface area (Å²) in [5.74, 6) is 0. The first-order valence-corrected chi connectivity index (χ1v) is 7.54. The minimum atomic E-state index is 0.162. The van der Waals surface area contributed by atoms with Crippen LogP contribution in [0.25, 0.3) is 22.9 Å². The van der Waals surface area contributed by atoms with E-state index in [0.29, 0.717) is 6.54 Å². The topological polar surface area (TPSA) is 24.1 Å². The zero-order chi connectivity index (χ0) is 15.4. The van der Waals surface area contributed by atoms with E-state index < -0.39 is 0 Å². The molecule has 22 heavy (non-hydrogen) atoms. The average molecular weight is 290 g/mol. The number of aliphatic hydroxyl groups is 1. The lowest BCUT2D eigenvalue weighted by molar-refractivity contribution is -0.698. The van der Waals surface area contributed by atoms with Crippen molar-refractivity contribution in [3.05, 3.63) is 77.6 Å². The Morgan fingerprint density at radius 1 is 0.955 bits per heavy atom. The number of fused-ring (bicyclic) bond motifs is 1. The highest BCUT2D eigenvalue weighted by atomic mass is 16.3. The van der Waals surface area contributed by atoms with Crippen molar-refractivity contribution in [3.63, 3.8) is 0 Å². The first-order valence-electron chi connectivity index (χ1n) is 7.54. The van der Waals surface area contributed by atoms with E-state index in [9.17, 15) is 0 Å². The standard InChI is InChI=1S/C20H20NO/c1-16-15-21(13-14-22)12-11-17(16)9-10-19-7-4-6-18-5-2-3-8-20(18)19/h2-12,15,22H,13-14H2,1H3/q+1/b10-9+. The zero-order valence-corrected chi connectivity index (χ0v) is 12.7. The van der Waals surface area contributed by atoms with Crippen LogP contribution in [0, 0.1) is 6.92 Å². The normalized spacial score (nSPS) is 11.4. The second-order valence-corrected chi connectivity index (χ2v) is 5.45. The first kappa shape index (κ1) is 14.5. The van der Waals surface area contributed by atoms with E-state index in [1.54, 1.807) is 0 Å². The third-order valence-electron chi connectivity index (χ3n) is 3.88. The SMILES string of the molecule is Cc1c[n+](CCO)ccc1/C=C/c1cccc2ccccc12. The molecule has 3 rings (SSSR count). The predicted octanol–water partition coefficient (Wildman–Crippen LogP) is 3.60. The van der Waals surface area contributed by atoms with Crippen molar-refractivity contribution in [1.82, 2.24) is 0 Å². The molecule has 1 heterocycles. The molecule has 0 bridgehead atoms. The summed E-state index contributed by atoms with van der Waals surface area (Å²) >= 11 is 0. The highest BCUT2D eigenvalue weighted by Crippen LogP contribution is 2.21. The van der Waals surface area contributed by atoms with Crippen LogP contribution in [0.5, 0.6) is 0 Å². The van der Waals surface area contributed by atoms with E-state index in [4.69, 9.17) is 5.11 Å². The van der Waals surface area contributed by atoms with Gasteiger partial charge in [0.1, 0.15) is 6.61 Å². The van der Waals surface area contributed by atoms with Crippen molar-refractivity contribution in [2.24, 2.45) is 0 Å². The average Bonchev–Trinajstić information content (AvgIpc) is 2.54. The van der Waals surface area contributed by atoms with Crippen molar-refractivity contribution in [1.29, 1.82) is 0 Å². The smallest absolute Gasteiger partial charge is 0.172 e. The molecule has 2 aromatic carbocycles. The van der Waals surface area contributed by atoms with Gasteiger partial charge in [0.2, 0.25) is 0 Å². The Labute approximate surface area is 131 Å². The van der Waals surface area contributed by atoms with Crippen molar-refractivity contribution in [3.8, 4) is 0 Å². The minimum Gasteiger partial charge on any atom is -0.390 e. The Hall–Kier alpha value is -2.45. The fourth-order valence-electron chi connectivity index (χ4n) is 2.69. The van der Waals surface area contributed by atoms with Crippen LogP contribution in [-0.2, 0) is 6.54 Å². The number of aromatic nitrogens is 1. The van der Waals surface area contributed by atoms with Gasteiger partial charge >= 0.3 is 0 Å². The number of aryl methyl sites for hydroxylation is 1. The third kappa shape index (κ3) is 3.07. The summed E-state index contributed by atoms with van der Waals surface area (Å²) in [6.07, 6.45) is 8.40. The number of rotatable bonds is 4. The van der Waals surface area contributed by atoms with E-state index in [2.05, 4.69) is 73.8 Å². The van der Waals surface area contributed by atoms with Crippen molar-refractivity contribution >= 4 is 22.9 Å². The summed E-state index contributed by atoms with van der Waals surface area (Å²) in [6, 6.07) is 16.9. The molecule has 1 aromatic heterocycles. The van der Waals surface area contributed by atoms with Crippen molar-refractivity contribution in [2.75, 3.05) is 6.61 Å². The molecule has 0 saturated heterocycles. The molecular weight excluding hydrogens is 270 g/mol. The van der Waals surface area contributed by atoms with E-state index in [0.717, 1.165) is 0 Å².